The zero-order valence-corrected chi connectivity index (χ0v) is 18.2. The summed E-state index contributed by atoms with van der Waals surface area (Å²) in [5, 5.41) is 11.8. The Hall–Kier alpha value is -3.66. The number of para-hydroxylation sites is 1. The highest BCUT2D eigenvalue weighted by atomic mass is 16.4. The third-order valence-corrected chi connectivity index (χ3v) is 7.14. The molecule has 0 unspecified atom stereocenters. The molecular formula is C23H22N8O2. The number of benzene rings is 1. The van der Waals surface area contributed by atoms with Crippen LogP contribution in [0.5, 0.6) is 0 Å². The van der Waals surface area contributed by atoms with Gasteiger partial charge in [0, 0.05) is 13.0 Å². The van der Waals surface area contributed by atoms with Crippen molar-refractivity contribution in [1.82, 2.24) is 35.0 Å². The molecule has 10 heteroatoms. The van der Waals surface area contributed by atoms with Gasteiger partial charge in [0.05, 0.1) is 11.1 Å². The van der Waals surface area contributed by atoms with Crippen LogP contribution in [0.1, 0.15) is 43.1 Å². The lowest BCUT2D eigenvalue weighted by atomic mass is 9.74. The number of carbonyl (C=O) groups excluding carboxylic acids is 1. The van der Waals surface area contributed by atoms with E-state index in [2.05, 4.69) is 31.5 Å². The number of imidazole rings is 1. The Bertz CT molecular complexity index is 1410. The largest absolute Gasteiger partial charge is 0.418 e. The first kappa shape index (κ1) is 18.9. The summed E-state index contributed by atoms with van der Waals surface area (Å²) in [6, 6.07) is 8.01. The standard InChI is InChI=1S/C23H22N8O2/c1-30-17-16(27-19(30)21-29-28-20(33-21)13-6-7-13)18(26-12-25-17)31-15-5-3-2-4-14(15)23(22(31)32)8-10-24-11-9-23/h2-5,12-13,24H,6-11H2,1H3. The van der Waals surface area contributed by atoms with Crippen molar-refractivity contribution in [1.29, 1.82) is 0 Å². The molecule has 1 aromatic carbocycles. The van der Waals surface area contributed by atoms with Gasteiger partial charge >= 0.3 is 0 Å². The van der Waals surface area contributed by atoms with Crippen molar-refractivity contribution in [2.75, 3.05) is 18.0 Å². The average molecular weight is 442 g/mol. The van der Waals surface area contributed by atoms with Gasteiger partial charge in [-0.1, -0.05) is 18.2 Å². The smallest absolute Gasteiger partial charge is 0.284 e. The molecule has 1 saturated carbocycles. The molecule has 1 N–H and O–H groups in total. The molecule has 3 aliphatic rings. The van der Waals surface area contributed by atoms with Gasteiger partial charge in [0.2, 0.25) is 17.6 Å². The maximum atomic E-state index is 14.0. The normalized spacial score (nSPS) is 19.5. The molecule has 0 bridgehead atoms. The Kier molecular flexibility index (Phi) is 3.82. The van der Waals surface area contributed by atoms with Gasteiger partial charge in [-0.15, -0.1) is 10.2 Å². The molecule has 0 atom stereocenters. The third kappa shape index (κ3) is 2.58. The van der Waals surface area contributed by atoms with Crippen molar-refractivity contribution in [3.05, 3.63) is 42.0 Å². The van der Waals surface area contributed by atoms with Gasteiger partial charge in [0.1, 0.15) is 6.33 Å². The van der Waals surface area contributed by atoms with E-state index in [1.165, 1.54) is 6.33 Å². The minimum atomic E-state index is -0.539. The van der Waals surface area contributed by atoms with E-state index in [1.807, 2.05) is 29.8 Å². The molecule has 2 aliphatic heterocycles. The van der Waals surface area contributed by atoms with Crippen molar-refractivity contribution in [3.8, 4) is 11.7 Å². The summed E-state index contributed by atoms with van der Waals surface area (Å²) in [5.41, 5.74) is 2.53. The minimum absolute atomic E-state index is 0.0474. The molecule has 2 fully saturated rings. The Morgan fingerprint density at radius 3 is 2.76 bits per heavy atom. The van der Waals surface area contributed by atoms with Crippen LogP contribution in [0.25, 0.3) is 22.9 Å². The molecule has 7 rings (SSSR count). The van der Waals surface area contributed by atoms with Crippen LogP contribution in [0.15, 0.2) is 35.0 Å². The van der Waals surface area contributed by atoms with Crippen molar-refractivity contribution in [2.45, 2.75) is 37.0 Å². The second-order valence-electron chi connectivity index (χ2n) is 9.07. The predicted molar refractivity (Wildman–Crippen MR) is 119 cm³/mol. The summed E-state index contributed by atoms with van der Waals surface area (Å²) in [4.78, 5) is 29.5. The second-order valence-corrected chi connectivity index (χ2v) is 9.07. The molecule has 33 heavy (non-hydrogen) atoms. The van der Waals surface area contributed by atoms with E-state index in [1.54, 1.807) is 4.90 Å². The topological polar surface area (TPSA) is 115 Å². The Morgan fingerprint density at radius 1 is 1.12 bits per heavy atom. The van der Waals surface area contributed by atoms with E-state index in [0.717, 1.165) is 50.0 Å². The van der Waals surface area contributed by atoms with Crippen molar-refractivity contribution >= 4 is 28.6 Å². The van der Waals surface area contributed by atoms with Crippen molar-refractivity contribution in [3.63, 3.8) is 0 Å². The third-order valence-electron chi connectivity index (χ3n) is 7.14. The highest BCUT2D eigenvalue weighted by Crippen LogP contribution is 2.50. The van der Waals surface area contributed by atoms with Gasteiger partial charge in [-0.25, -0.2) is 15.0 Å². The summed E-state index contributed by atoms with van der Waals surface area (Å²) in [6.45, 7) is 1.61. The van der Waals surface area contributed by atoms with Crippen LogP contribution >= 0.6 is 0 Å². The van der Waals surface area contributed by atoms with E-state index in [4.69, 9.17) is 9.40 Å². The molecule has 1 aliphatic carbocycles. The first-order chi connectivity index (χ1) is 16.2. The maximum absolute atomic E-state index is 14.0. The van der Waals surface area contributed by atoms with Crippen LogP contribution in [0, 0.1) is 0 Å². The number of fused-ring (bicyclic) bond motifs is 3. The monoisotopic (exact) mass is 442 g/mol. The molecular weight excluding hydrogens is 420 g/mol. The fourth-order valence-electron chi connectivity index (χ4n) is 5.22. The molecule has 0 radical (unpaired) electrons. The number of hydrogen-bond donors (Lipinski definition) is 1. The molecule has 166 valence electrons. The highest BCUT2D eigenvalue weighted by molar-refractivity contribution is 6.15. The lowest BCUT2D eigenvalue weighted by molar-refractivity contribution is -0.123. The van der Waals surface area contributed by atoms with Crippen LogP contribution in [0.4, 0.5) is 11.5 Å². The SMILES string of the molecule is Cn1c(-c2nnc(C3CC3)o2)nc2c(N3C(=O)C4(CCNCC4)c4ccccc43)ncnc21. The van der Waals surface area contributed by atoms with Gasteiger partial charge in [-0.2, -0.15) is 0 Å². The van der Waals surface area contributed by atoms with Crippen LogP contribution < -0.4 is 10.2 Å². The number of amides is 1. The summed E-state index contributed by atoms with van der Waals surface area (Å²) in [5.74, 6) is 2.41. The number of piperidine rings is 1. The first-order valence-corrected chi connectivity index (χ1v) is 11.3. The van der Waals surface area contributed by atoms with Gasteiger partial charge in [-0.05, 0) is 50.4 Å². The summed E-state index contributed by atoms with van der Waals surface area (Å²) in [6.07, 6.45) is 5.15. The Balaban J connectivity index is 1.39. The van der Waals surface area contributed by atoms with Crippen LogP contribution in [0.3, 0.4) is 0 Å². The number of hydrogen-bond acceptors (Lipinski definition) is 8. The molecule has 5 heterocycles. The molecule has 1 spiro atoms. The predicted octanol–water partition coefficient (Wildman–Crippen LogP) is 2.59. The van der Waals surface area contributed by atoms with E-state index in [0.29, 0.717) is 40.5 Å². The van der Waals surface area contributed by atoms with Crippen molar-refractivity contribution < 1.29 is 9.21 Å². The average Bonchev–Trinajstić information content (AvgIpc) is 3.42. The molecule has 3 aromatic heterocycles. The van der Waals surface area contributed by atoms with Crippen molar-refractivity contribution in [2.24, 2.45) is 7.05 Å². The lowest BCUT2D eigenvalue weighted by Crippen LogP contribution is -2.46. The van der Waals surface area contributed by atoms with E-state index < -0.39 is 5.41 Å². The van der Waals surface area contributed by atoms with Gasteiger partial charge < -0.3 is 14.3 Å². The van der Waals surface area contributed by atoms with Crippen LogP contribution in [-0.4, -0.2) is 48.7 Å². The fraction of sp³-hybridized carbons (Fsp3) is 0.391. The number of nitrogens with zero attached hydrogens (tertiary/aromatic N) is 7. The molecule has 10 nitrogen and oxygen atoms in total. The first-order valence-electron chi connectivity index (χ1n) is 11.3. The summed E-state index contributed by atoms with van der Waals surface area (Å²) >= 11 is 0. The molecule has 4 aromatic rings. The number of rotatable bonds is 3. The number of anilines is 2. The Morgan fingerprint density at radius 2 is 1.94 bits per heavy atom. The van der Waals surface area contributed by atoms with Gasteiger partial charge in [-0.3, -0.25) is 9.69 Å². The maximum Gasteiger partial charge on any atom is 0.284 e. The quantitative estimate of drug-likeness (QED) is 0.515. The van der Waals surface area contributed by atoms with E-state index in [-0.39, 0.29) is 5.91 Å². The van der Waals surface area contributed by atoms with Crippen LogP contribution in [-0.2, 0) is 17.3 Å². The Labute approximate surface area is 189 Å². The number of carbonyl (C=O) groups is 1. The second kappa shape index (κ2) is 6.67. The number of nitrogens with one attached hydrogen (secondary N) is 1. The van der Waals surface area contributed by atoms with Gasteiger partial charge in [0.25, 0.3) is 5.89 Å². The summed E-state index contributed by atoms with van der Waals surface area (Å²) in [7, 11) is 1.86. The zero-order valence-electron chi connectivity index (χ0n) is 18.2. The molecule has 1 amide bonds. The fourth-order valence-corrected chi connectivity index (χ4v) is 5.22. The van der Waals surface area contributed by atoms with Crippen LogP contribution in [0.2, 0.25) is 0 Å². The summed E-state index contributed by atoms with van der Waals surface area (Å²) < 4.78 is 7.71. The lowest BCUT2D eigenvalue weighted by Gasteiger charge is -2.32. The minimum Gasteiger partial charge on any atom is -0.418 e. The highest BCUT2D eigenvalue weighted by Gasteiger charge is 2.52. The number of aryl methyl sites for hydroxylation is 1. The zero-order chi connectivity index (χ0) is 22.2. The van der Waals surface area contributed by atoms with Gasteiger partial charge in [0.15, 0.2) is 17.0 Å². The molecule has 1 saturated heterocycles. The van der Waals surface area contributed by atoms with E-state index >= 15 is 0 Å². The number of aromatic nitrogens is 6. The van der Waals surface area contributed by atoms with E-state index in [9.17, 15) is 4.79 Å².